The van der Waals surface area contributed by atoms with Gasteiger partial charge >= 0.3 is 12.2 Å². The topological polar surface area (TPSA) is 105 Å². The highest BCUT2D eigenvalue weighted by molar-refractivity contribution is 8.01. The fraction of sp³-hybridized carbons (Fsp3) is 0.333. The first-order valence-corrected chi connectivity index (χ1v) is 9.55. The number of nitrogens with zero attached hydrogens (tertiary/aromatic N) is 2. The molecule has 0 fully saturated rings. The maximum Gasteiger partial charge on any atom is 0.416 e. The molecule has 0 saturated heterocycles. The van der Waals surface area contributed by atoms with Crippen molar-refractivity contribution in [2.75, 3.05) is 36.6 Å². The Morgan fingerprint density at radius 3 is 2.75 bits per heavy atom. The number of carbonyl (C=O) groups is 2. The third-order valence-electron chi connectivity index (χ3n) is 3.02. The molecule has 1 aromatic heterocycles. The van der Waals surface area contributed by atoms with Crippen molar-refractivity contribution in [3.63, 3.8) is 0 Å². The van der Waals surface area contributed by atoms with Gasteiger partial charge in [0.25, 0.3) is 0 Å². The highest BCUT2D eigenvalue weighted by Crippen LogP contribution is 2.31. The first kappa shape index (κ1) is 21.9. The van der Waals surface area contributed by atoms with Crippen molar-refractivity contribution >= 4 is 45.9 Å². The zero-order valence-corrected chi connectivity index (χ0v) is 16.1. The van der Waals surface area contributed by atoms with Crippen LogP contribution in [0.15, 0.2) is 28.6 Å². The molecular formula is C15H16F3N5O3S2. The number of anilines is 2. The number of benzene rings is 1. The number of nitrogens with one attached hydrogen (secondary N) is 3. The first-order valence-electron chi connectivity index (χ1n) is 7.75. The van der Waals surface area contributed by atoms with E-state index in [9.17, 15) is 22.8 Å². The molecule has 0 spiro atoms. The summed E-state index contributed by atoms with van der Waals surface area (Å²) < 4.78 is 43.3. The van der Waals surface area contributed by atoms with E-state index in [1.807, 2.05) is 0 Å². The molecule has 0 aliphatic carbocycles. The third-order valence-corrected chi connectivity index (χ3v) is 4.99. The monoisotopic (exact) mass is 435 g/mol. The number of amides is 3. The van der Waals surface area contributed by atoms with Crippen molar-refractivity contribution in [1.29, 1.82) is 0 Å². The Morgan fingerprint density at radius 1 is 1.25 bits per heavy atom. The largest absolute Gasteiger partial charge is 0.416 e. The highest BCUT2D eigenvalue weighted by atomic mass is 32.2. The number of hydrogen-bond acceptors (Lipinski definition) is 7. The molecule has 3 amide bonds. The predicted molar refractivity (Wildman–Crippen MR) is 99.6 cm³/mol. The highest BCUT2D eigenvalue weighted by Gasteiger charge is 2.30. The minimum absolute atomic E-state index is 0.0489. The van der Waals surface area contributed by atoms with E-state index < -0.39 is 23.7 Å². The molecule has 0 radical (unpaired) electrons. The van der Waals surface area contributed by atoms with Crippen molar-refractivity contribution in [3.05, 3.63) is 29.8 Å². The van der Waals surface area contributed by atoms with Gasteiger partial charge in [-0.3, -0.25) is 10.1 Å². The van der Waals surface area contributed by atoms with Gasteiger partial charge in [-0.25, -0.2) is 4.79 Å². The maximum absolute atomic E-state index is 12.7. The second-order valence-corrected chi connectivity index (χ2v) is 7.36. The zero-order chi connectivity index (χ0) is 20.6. The molecule has 8 nitrogen and oxygen atoms in total. The van der Waals surface area contributed by atoms with E-state index in [2.05, 4.69) is 26.1 Å². The number of alkyl halides is 3. The Hall–Kier alpha value is -2.38. The predicted octanol–water partition coefficient (Wildman–Crippen LogP) is 3.06. The molecule has 1 aromatic carbocycles. The quantitative estimate of drug-likeness (QED) is 0.334. The van der Waals surface area contributed by atoms with Gasteiger partial charge in [0.15, 0.2) is 4.34 Å². The van der Waals surface area contributed by atoms with Crippen LogP contribution in [0.5, 0.6) is 0 Å². The van der Waals surface area contributed by atoms with E-state index >= 15 is 0 Å². The molecule has 1 heterocycles. The van der Waals surface area contributed by atoms with E-state index in [1.54, 1.807) is 0 Å². The smallest absolute Gasteiger partial charge is 0.383 e. The Morgan fingerprint density at radius 2 is 2.04 bits per heavy atom. The summed E-state index contributed by atoms with van der Waals surface area (Å²) in [7, 11) is 1.51. The molecule has 0 atom stereocenters. The van der Waals surface area contributed by atoms with Gasteiger partial charge < -0.3 is 15.4 Å². The molecule has 0 bridgehead atoms. The fourth-order valence-corrected chi connectivity index (χ4v) is 3.37. The van der Waals surface area contributed by atoms with E-state index in [1.165, 1.54) is 19.2 Å². The van der Waals surface area contributed by atoms with Crippen LogP contribution in [0.1, 0.15) is 5.56 Å². The van der Waals surface area contributed by atoms with Crippen LogP contribution in [-0.4, -0.2) is 48.1 Å². The number of carbonyl (C=O) groups excluding carboxylic acids is 2. The van der Waals surface area contributed by atoms with Gasteiger partial charge in [0.2, 0.25) is 11.0 Å². The normalized spacial score (nSPS) is 11.1. The molecule has 152 valence electrons. The minimum atomic E-state index is -4.48. The average molecular weight is 435 g/mol. The molecular weight excluding hydrogens is 419 g/mol. The first-order chi connectivity index (χ1) is 13.3. The second-order valence-electron chi connectivity index (χ2n) is 5.16. The number of methoxy groups -OCH3 is 1. The summed E-state index contributed by atoms with van der Waals surface area (Å²) in [5.74, 6) is -0.573. The van der Waals surface area contributed by atoms with Gasteiger partial charge in [-0.15, -0.1) is 10.2 Å². The molecule has 28 heavy (non-hydrogen) atoms. The molecule has 3 N–H and O–H groups in total. The number of thioether (sulfide) groups is 1. The van der Waals surface area contributed by atoms with Crippen LogP contribution in [-0.2, 0) is 15.7 Å². The Balaban J connectivity index is 1.80. The summed E-state index contributed by atoms with van der Waals surface area (Å²) in [6.07, 6.45) is -4.48. The summed E-state index contributed by atoms with van der Waals surface area (Å²) >= 11 is 2.11. The van der Waals surface area contributed by atoms with Crippen LogP contribution < -0.4 is 16.0 Å². The third kappa shape index (κ3) is 7.32. The zero-order valence-electron chi connectivity index (χ0n) is 14.5. The lowest BCUT2D eigenvalue weighted by Gasteiger charge is -2.09. The van der Waals surface area contributed by atoms with Gasteiger partial charge in [0.05, 0.1) is 17.9 Å². The lowest BCUT2D eigenvalue weighted by atomic mass is 10.2. The maximum atomic E-state index is 12.7. The van der Waals surface area contributed by atoms with Crippen molar-refractivity contribution in [2.24, 2.45) is 0 Å². The minimum Gasteiger partial charge on any atom is -0.383 e. The molecule has 13 heteroatoms. The summed E-state index contributed by atoms with van der Waals surface area (Å²) in [6.45, 7) is 0.698. The Labute approximate surface area is 166 Å². The van der Waals surface area contributed by atoms with E-state index in [0.717, 1.165) is 35.2 Å². The lowest BCUT2D eigenvalue weighted by Crippen LogP contribution is -2.31. The second kappa shape index (κ2) is 10.2. The fourth-order valence-electron chi connectivity index (χ4n) is 1.82. The van der Waals surface area contributed by atoms with Crippen LogP contribution in [0.25, 0.3) is 0 Å². The number of ether oxygens (including phenoxy) is 1. The lowest BCUT2D eigenvalue weighted by molar-refractivity contribution is -0.137. The Kier molecular flexibility index (Phi) is 8.02. The Bertz CT molecular complexity index is 816. The summed E-state index contributed by atoms with van der Waals surface area (Å²) in [5.41, 5.74) is -0.797. The summed E-state index contributed by atoms with van der Waals surface area (Å²) in [6, 6.07) is 3.90. The molecule has 0 unspecified atom stereocenters. The van der Waals surface area contributed by atoms with Crippen LogP contribution in [0.2, 0.25) is 0 Å². The molecule has 2 aromatic rings. The number of rotatable bonds is 8. The number of hydrogen-bond donors (Lipinski definition) is 3. The summed E-state index contributed by atoms with van der Waals surface area (Å²) in [4.78, 5) is 23.5. The van der Waals surface area contributed by atoms with Crippen molar-refractivity contribution < 1.29 is 27.5 Å². The van der Waals surface area contributed by atoms with Crippen molar-refractivity contribution in [1.82, 2.24) is 15.5 Å². The van der Waals surface area contributed by atoms with Gasteiger partial charge in [-0.2, -0.15) is 13.2 Å². The number of aromatic nitrogens is 2. The van der Waals surface area contributed by atoms with Crippen LogP contribution in [0.4, 0.5) is 28.8 Å². The van der Waals surface area contributed by atoms with Gasteiger partial charge in [0.1, 0.15) is 0 Å². The van der Waals surface area contributed by atoms with Crippen LogP contribution >= 0.6 is 23.1 Å². The van der Waals surface area contributed by atoms with E-state index in [0.29, 0.717) is 17.5 Å². The number of urea groups is 1. The summed E-state index contributed by atoms with van der Waals surface area (Å²) in [5, 5.41) is 15.3. The molecule has 2 rings (SSSR count). The molecule has 0 saturated carbocycles. The standard InChI is InChI=1S/C15H16F3N5O3S2/c1-26-6-5-19-12(25)21-13-22-23-14(28-13)27-8-11(24)20-10-4-2-3-9(7-10)15(16,17)18/h2-4,7H,5-6,8H2,1H3,(H,20,24)(H2,19,21,22,25). The molecule has 0 aliphatic rings. The van der Waals surface area contributed by atoms with E-state index in [-0.39, 0.29) is 16.6 Å². The van der Waals surface area contributed by atoms with Crippen molar-refractivity contribution in [2.45, 2.75) is 10.5 Å². The van der Waals surface area contributed by atoms with Crippen molar-refractivity contribution in [3.8, 4) is 0 Å². The van der Waals surface area contributed by atoms with Gasteiger partial charge in [0, 0.05) is 19.3 Å². The number of halogens is 3. The van der Waals surface area contributed by atoms with Crippen LogP contribution in [0, 0.1) is 0 Å². The van der Waals surface area contributed by atoms with Gasteiger partial charge in [-0.05, 0) is 18.2 Å². The van der Waals surface area contributed by atoms with Gasteiger partial charge in [-0.1, -0.05) is 29.2 Å². The average Bonchev–Trinajstić information content (AvgIpc) is 3.07. The molecule has 0 aliphatic heterocycles. The SMILES string of the molecule is COCCNC(=O)Nc1nnc(SCC(=O)Nc2cccc(C(F)(F)F)c2)s1. The van der Waals surface area contributed by atoms with Crippen LogP contribution in [0.3, 0.4) is 0 Å². The van der Waals surface area contributed by atoms with E-state index in [4.69, 9.17) is 4.74 Å².